The zero-order valence-electron chi connectivity index (χ0n) is 12.1. The number of hydrogen-bond acceptors (Lipinski definition) is 5. The Balaban J connectivity index is 2.12. The van der Waals surface area contributed by atoms with Crippen molar-refractivity contribution in [3.05, 3.63) is 11.9 Å². The second-order valence-electron chi connectivity index (χ2n) is 5.04. The Morgan fingerprint density at radius 1 is 1.53 bits per heavy atom. The summed E-state index contributed by atoms with van der Waals surface area (Å²) in [6, 6.07) is 0.230. The quantitative estimate of drug-likeness (QED) is 0.815. The van der Waals surface area contributed by atoms with Gasteiger partial charge in [0.05, 0.1) is 11.3 Å². The van der Waals surface area contributed by atoms with Crippen molar-refractivity contribution in [3.63, 3.8) is 0 Å². The van der Waals surface area contributed by atoms with Crippen molar-refractivity contribution >= 4 is 0 Å². The maximum absolute atomic E-state index is 6.10. The van der Waals surface area contributed by atoms with E-state index in [9.17, 15) is 0 Å². The van der Waals surface area contributed by atoms with Gasteiger partial charge in [0.1, 0.15) is 0 Å². The molecule has 1 N–H and O–H groups in total. The molecule has 0 amide bonds. The van der Waals surface area contributed by atoms with Crippen LogP contribution in [0.4, 0.5) is 0 Å². The van der Waals surface area contributed by atoms with Crippen molar-refractivity contribution in [1.29, 1.82) is 0 Å². The van der Waals surface area contributed by atoms with E-state index in [1.54, 1.807) is 4.68 Å². The van der Waals surface area contributed by atoms with Crippen LogP contribution in [0.5, 0.6) is 0 Å². The predicted octanol–water partition coefficient (Wildman–Crippen LogP) is 0.531. The van der Waals surface area contributed by atoms with Gasteiger partial charge in [0, 0.05) is 58.4 Å². The first kappa shape index (κ1) is 14.4. The number of ether oxygens (including phenoxy) is 2. The van der Waals surface area contributed by atoms with Crippen molar-refractivity contribution < 1.29 is 9.47 Å². The molecule has 6 heteroatoms. The van der Waals surface area contributed by atoms with Crippen LogP contribution in [-0.2, 0) is 22.9 Å². The third-order valence-corrected chi connectivity index (χ3v) is 3.82. The van der Waals surface area contributed by atoms with E-state index < -0.39 is 0 Å². The highest BCUT2D eigenvalue weighted by atomic mass is 16.5. The Morgan fingerprint density at radius 2 is 2.26 bits per heavy atom. The SMILES string of the molecule is CCOC1(C(Cc2cn(C)nn2)NC)CCOCC1. The van der Waals surface area contributed by atoms with Gasteiger partial charge in [0.25, 0.3) is 0 Å². The van der Waals surface area contributed by atoms with E-state index >= 15 is 0 Å². The van der Waals surface area contributed by atoms with Gasteiger partial charge in [-0.25, -0.2) is 0 Å². The third kappa shape index (κ3) is 3.32. The van der Waals surface area contributed by atoms with Crippen molar-refractivity contribution in [2.24, 2.45) is 7.05 Å². The molecule has 108 valence electrons. The van der Waals surface area contributed by atoms with Crippen LogP contribution in [0.1, 0.15) is 25.5 Å². The van der Waals surface area contributed by atoms with Crippen molar-refractivity contribution in [2.45, 2.75) is 37.8 Å². The van der Waals surface area contributed by atoms with Crippen molar-refractivity contribution in [3.8, 4) is 0 Å². The minimum absolute atomic E-state index is 0.154. The lowest BCUT2D eigenvalue weighted by atomic mass is 9.83. The number of likely N-dealkylation sites (N-methyl/N-ethyl adjacent to an activating group) is 1. The highest BCUT2D eigenvalue weighted by molar-refractivity contribution is 5.03. The molecule has 1 aliphatic rings. The van der Waals surface area contributed by atoms with Crippen LogP contribution in [0.15, 0.2) is 6.20 Å². The van der Waals surface area contributed by atoms with Gasteiger partial charge >= 0.3 is 0 Å². The summed E-state index contributed by atoms with van der Waals surface area (Å²) in [5.74, 6) is 0. The first-order valence-corrected chi connectivity index (χ1v) is 6.94. The van der Waals surface area contributed by atoms with Gasteiger partial charge in [0.2, 0.25) is 0 Å². The Morgan fingerprint density at radius 3 is 2.79 bits per heavy atom. The van der Waals surface area contributed by atoms with Crippen LogP contribution in [0.3, 0.4) is 0 Å². The number of aromatic nitrogens is 3. The Labute approximate surface area is 114 Å². The number of rotatable bonds is 6. The first-order valence-electron chi connectivity index (χ1n) is 6.94. The lowest BCUT2D eigenvalue weighted by Crippen LogP contribution is -2.55. The van der Waals surface area contributed by atoms with Gasteiger partial charge < -0.3 is 14.8 Å². The molecule has 0 radical (unpaired) electrons. The number of aryl methyl sites for hydroxylation is 1. The summed E-state index contributed by atoms with van der Waals surface area (Å²) in [7, 11) is 3.87. The van der Waals surface area contributed by atoms with Gasteiger partial charge in [-0.05, 0) is 14.0 Å². The van der Waals surface area contributed by atoms with Gasteiger partial charge in [0.15, 0.2) is 0 Å². The molecule has 0 aromatic carbocycles. The molecule has 2 heterocycles. The largest absolute Gasteiger partial charge is 0.381 e. The standard InChI is InChI=1S/C13H24N4O2/c1-4-19-13(5-7-18-8-6-13)12(14-2)9-11-10-17(3)16-15-11/h10,12,14H,4-9H2,1-3H3. The van der Waals surface area contributed by atoms with Crippen molar-refractivity contribution in [2.75, 3.05) is 26.9 Å². The zero-order valence-corrected chi connectivity index (χ0v) is 12.1. The Hall–Kier alpha value is -0.980. The maximum atomic E-state index is 6.10. The van der Waals surface area contributed by atoms with Gasteiger partial charge in [-0.1, -0.05) is 5.21 Å². The fraction of sp³-hybridized carbons (Fsp3) is 0.846. The highest BCUT2D eigenvalue weighted by Gasteiger charge is 2.40. The van der Waals surface area contributed by atoms with E-state index in [4.69, 9.17) is 9.47 Å². The molecule has 1 aromatic rings. The average Bonchev–Trinajstić information content (AvgIpc) is 2.83. The van der Waals surface area contributed by atoms with E-state index in [0.29, 0.717) is 0 Å². The number of nitrogens with one attached hydrogen (secondary N) is 1. The lowest BCUT2D eigenvalue weighted by Gasteiger charge is -2.42. The first-order chi connectivity index (χ1) is 9.20. The summed E-state index contributed by atoms with van der Waals surface area (Å²) in [5.41, 5.74) is 0.839. The van der Waals surface area contributed by atoms with Crippen LogP contribution in [-0.4, -0.2) is 53.5 Å². The molecule has 19 heavy (non-hydrogen) atoms. The Bertz CT molecular complexity index is 382. The predicted molar refractivity (Wildman–Crippen MR) is 72.0 cm³/mol. The van der Waals surface area contributed by atoms with Gasteiger partial charge in [-0.2, -0.15) is 0 Å². The smallest absolute Gasteiger partial charge is 0.0882 e. The lowest BCUT2D eigenvalue weighted by molar-refractivity contribution is -0.125. The minimum Gasteiger partial charge on any atom is -0.381 e. The molecular weight excluding hydrogens is 244 g/mol. The molecule has 0 bridgehead atoms. The molecule has 2 rings (SSSR count). The fourth-order valence-corrected chi connectivity index (χ4v) is 2.85. The van der Waals surface area contributed by atoms with Gasteiger partial charge in [-0.3, -0.25) is 4.68 Å². The maximum Gasteiger partial charge on any atom is 0.0882 e. The molecular formula is C13H24N4O2. The molecule has 1 atom stereocenters. The zero-order chi connectivity index (χ0) is 13.7. The average molecular weight is 268 g/mol. The summed E-state index contributed by atoms with van der Waals surface area (Å²) in [6.07, 6.45) is 4.63. The molecule has 1 fully saturated rings. The summed E-state index contributed by atoms with van der Waals surface area (Å²) in [5, 5.41) is 11.6. The third-order valence-electron chi connectivity index (χ3n) is 3.82. The summed E-state index contributed by atoms with van der Waals surface area (Å²) < 4.78 is 13.3. The molecule has 1 aromatic heterocycles. The second kappa shape index (κ2) is 6.45. The van der Waals surface area contributed by atoms with Crippen LogP contribution in [0.2, 0.25) is 0 Å². The molecule has 1 unspecified atom stereocenters. The van der Waals surface area contributed by atoms with E-state index in [2.05, 4.69) is 15.6 Å². The van der Waals surface area contributed by atoms with Crippen LogP contribution >= 0.6 is 0 Å². The summed E-state index contributed by atoms with van der Waals surface area (Å²) in [4.78, 5) is 0. The van der Waals surface area contributed by atoms with E-state index in [1.165, 1.54) is 0 Å². The monoisotopic (exact) mass is 268 g/mol. The second-order valence-corrected chi connectivity index (χ2v) is 5.04. The highest BCUT2D eigenvalue weighted by Crippen LogP contribution is 2.30. The Kier molecular flexibility index (Phi) is 4.90. The normalized spacial score (nSPS) is 20.4. The van der Waals surface area contributed by atoms with E-state index in [-0.39, 0.29) is 11.6 Å². The van der Waals surface area contributed by atoms with E-state index in [0.717, 1.165) is 44.8 Å². The van der Waals surface area contributed by atoms with E-state index in [1.807, 2.05) is 27.2 Å². The fourth-order valence-electron chi connectivity index (χ4n) is 2.85. The van der Waals surface area contributed by atoms with Crippen LogP contribution < -0.4 is 5.32 Å². The molecule has 0 aliphatic carbocycles. The molecule has 1 saturated heterocycles. The molecule has 1 aliphatic heterocycles. The molecule has 6 nitrogen and oxygen atoms in total. The topological polar surface area (TPSA) is 61.2 Å². The summed E-state index contributed by atoms with van der Waals surface area (Å²) >= 11 is 0. The van der Waals surface area contributed by atoms with Crippen molar-refractivity contribution in [1.82, 2.24) is 20.3 Å². The minimum atomic E-state index is -0.154. The molecule has 0 spiro atoms. The van der Waals surface area contributed by atoms with Crippen LogP contribution in [0, 0.1) is 0 Å². The van der Waals surface area contributed by atoms with Gasteiger partial charge in [-0.15, -0.1) is 5.10 Å². The molecule has 0 saturated carbocycles. The van der Waals surface area contributed by atoms with Crippen LogP contribution in [0.25, 0.3) is 0 Å². The number of hydrogen-bond donors (Lipinski definition) is 1. The number of nitrogens with zero attached hydrogens (tertiary/aromatic N) is 3. The summed E-state index contributed by atoms with van der Waals surface area (Å²) in [6.45, 7) is 4.29.